The van der Waals surface area contributed by atoms with Crippen LogP contribution in [-0.2, 0) is 50.3 Å². The molecule has 8 amide bonds. The standard InChI is InChI=1S/C60H66F2N7O12P/c1-2-3-16-48(65-54(73)39-18-17-36-19-20-42(30-40(36)29-39)60(61,62)82(79,80)81)59(78)69-33-41-31-44(41)53(69)56(75)64-47(21-23-51(63)71)50(70)32-45(37-11-5-4-6-12-37)57(76)67-27-25-35(26-28-67)10-7-8-13-38-14-9-15-43-46(38)34-68(58(43)77)49-22-24-52(72)66-55(49)74/h4-6,9,11-12,14-15,17-20,29-30,35,41,44-45,47-49,53H,2-3,7,10,16,21-28,31-34H2,1H3,(H2,63,71)(H,64,75)(H,65,73)(H,66,72,74)(H2,79,80,81)/t41-,44-,45+,47+,48+,49?,53+/m1/s1. The van der Waals surface area contributed by atoms with Gasteiger partial charge in [0.15, 0.2) is 5.78 Å². The first-order chi connectivity index (χ1) is 39.1. The molecule has 9 rings (SSSR count). The van der Waals surface area contributed by atoms with Crippen LogP contribution in [-0.4, -0.2) is 121 Å². The molecule has 7 atom stereocenters. The first kappa shape index (κ1) is 59.0. The van der Waals surface area contributed by atoms with Gasteiger partial charge in [0.05, 0.1) is 12.0 Å². The van der Waals surface area contributed by atoms with Crippen molar-refractivity contribution in [1.29, 1.82) is 0 Å². The van der Waals surface area contributed by atoms with Crippen LogP contribution in [0.25, 0.3) is 10.8 Å². The molecule has 22 heteroatoms. The number of halogens is 2. The van der Waals surface area contributed by atoms with Crippen molar-refractivity contribution < 1.29 is 66.3 Å². The summed E-state index contributed by atoms with van der Waals surface area (Å²) in [5.41, 5.74) is 2.66. The van der Waals surface area contributed by atoms with Crippen LogP contribution >= 0.6 is 7.60 Å². The minimum absolute atomic E-state index is 0.0138. The van der Waals surface area contributed by atoms with Crippen molar-refractivity contribution in [3.8, 4) is 11.8 Å². The highest BCUT2D eigenvalue weighted by molar-refractivity contribution is 7.52. The molecule has 7 N–H and O–H groups in total. The Bertz CT molecular complexity index is 3320. The van der Waals surface area contributed by atoms with Crippen LogP contribution in [0.4, 0.5) is 8.78 Å². The second-order valence-corrected chi connectivity index (χ2v) is 23.8. The third-order valence-electron chi connectivity index (χ3n) is 16.7. The van der Waals surface area contributed by atoms with Crippen LogP contribution in [0.1, 0.15) is 139 Å². The van der Waals surface area contributed by atoms with E-state index in [2.05, 4.69) is 27.8 Å². The molecule has 19 nitrogen and oxygen atoms in total. The monoisotopic (exact) mass is 1150 g/mol. The first-order valence-corrected chi connectivity index (χ1v) is 29.5. The average molecular weight is 1150 g/mol. The molecule has 4 heterocycles. The lowest BCUT2D eigenvalue weighted by atomic mass is 9.87. The van der Waals surface area contributed by atoms with Gasteiger partial charge in [-0.15, -0.1) is 0 Å². The number of carbonyl (C=O) groups excluding carboxylic acids is 9. The van der Waals surface area contributed by atoms with Gasteiger partial charge in [-0.25, -0.2) is 0 Å². The number of nitrogens with two attached hydrogens (primary N) is 1. The molecule has 4 aromatic carbocycles. The highest BCUT2D eigenvalue weighted by Gasteiger charge is 2.58. The molecule has 1 saturated carbocycles. The van der Waals surface area contributed by atoms with Gasteiger partial charge in [-0.05, 0) is 115 Å². The van der Waals surface area contributed by atoms with Crippen molar-refractivity contribution in [3.63, 3.8) is 0 Å². The lowest BCUT2D eigenvalue weighted by molar-refractivity contribution is -0.142. The lowest BCUT2D eigenvalue weighted by Crippen LogP contribution is -2.56. The van der Waals surface area contributed by atoms with Crippen LogP contribution < -0.4 is 21.7 Å². The molecule has 0 radical (unpaired) electrons. The van der Waals surface area contributed by atoms with Gasteiger partial charge in [0, 0.05) is 74.1 Å². The fraction of sp³-hybridized carbons (Fsp3) is 0.450. The summed E-state index contributed by atoms with van der Waals surface area (Å²) in [5, 5.41) is 8.43. The smallest absolute Gasteiger partial charge is 0.370 e. The van der Waals surface area contributed by atoms with Crippen molar-refractivity contribution in [2.24, 2.45) is 23.5 Å². The average Bonchev–Trinajstić information content (AvgIpc) is 4.03. The van der Waals surface area contributed by atoms with Gasteiger partial charge in [-0.2, -0.15) is 8.78 Å². The largest absolute Gasteiger partial charge is 0.399 e. The number of benzene rings is 4. The number of unbranched alkanes of at least 4 members (excludes halogenated alkanes) is 1. The minimum atomic E-state index is -5.88. The zero-order valence-corrected chi connectivity index (χ0v) is 46.2. The predicted octanol–water partition coefficient (Wildman–Crippen LogP) is 5.53. The number of Topliss-reactive ketones (excluding diaryl/α,β-unsaturated/α-hetero) is 1. The van der Waals surface area contributed by atoms with Crippen LogP contribution in [0.2, 0.25) is 0 Å². The third kappa shape index (κ3) is 13.0. The second kappa shape index (κ2) is 24.8. The molecule has 1 aliphatic carbocycles. The van der Waals surface area contributed by atoms with E-state index in [1.807, 2.05) is 13.0 Å². The highest BCUT2D eigenvalue weighted by Crippen LogP contribution is 2.59. The Balaban J connectivity index is 0.832. The number of nitrogens with one attached hydrogen (secondary N) is 3. The zero-order valence-electron chi connectivity index (χ0n) is 45.3. The number of alkyl halides is 2. The number of rotatable bonds is 21. The number of imide groups is 1. The van der Waals surface area contributed by atoms with Crippen molar-refractivity contribution >= 4 is 71.4 Å². The Morgan fingerprint density at radius 1 is 0.878 bits per heavy atom. The van der Waals surface area contributed by atoms with E-state index in [4.69, 9.17) is 5.73 Å². The molecule has 3 saturated heterocycles. The SMILES string of the molecule is CCCC[C@H](NC(=O)c1ccc2ccc(C(F)(F)P(=O)(O)O)cc2c1)C(=O)N1C[C@H]2C[C@H]2[C@H]1C(=O)N[C@@H](CCC(N)=O)C(=O)C[C@H](C(=O)N1CCC(CCC#Cc2cccc3c2CN(C2CCC(=O)NC2=O)C3=O)CC1)c1ccccc1. The van der Waals surface area contributed by atoms with Gasteiger partial charge in [0.25, 0.3) is 11.8 Å². The Kier molecular flexibility index (Phi) is 17.9. The fourth-order valence-corrected chi connectivity index (χ4v) is 12.4. The van der Waals surface area contributed by atoms with E-state index in [0.717, 1.165) is 24.1 Å². The molecular formula is C60H66F2N7O12P. The zero-order chi connectivity index (χ0) is 58.6. The van der Waals surface area contributed by atoms with Gasteiger partial charge in [-0.3, -0.25) is 53.0 Å². The molecule has 0 spiro atoms. The topological polar surface area (TPSA) is 283 Å². The number of primary amides is 1. The molecule has 0 aromatic heterocycles. The maximum atomic E-state index is 14.6. The number of hydrogen-bond donors (Lipinski definition) is 6. The summed E-state index contributed by atoms with van der Waals surface area (Å²) in [6, 6.07) is 17.3. The van der Waals surface area contributed by atoms with E-state index in [1.165, 1.54) is 34.1 Å². The summed E-state index contributed by atoms with van der Waals surface area (Å²) >= 11 is 0. The molecule has 432 valence electrons. The number of fused-ring (bicyclic) bond motifs is 3. The second-order valence-electron chi connectivity index (χ2n) is 22.2. The van der Waals surface area contributed by atoms with Crippen LogP contribution in [0.15, 0.2) is 84.9 Å². The maximum Gasteiger partial charge on any atom is 0.399 e. The molecule has 4 fully saturated rings. The highest BCUT2D eigenvalue weighted by atomic mass is 31.2. The van der Waals surface area contributed by atoms with Crippen molar-refractivity contribution in [3.05, 3.63) is 118 Å². The molecule has 5 aliphatic rings. The summed E-state index contributed by atoms with van der Waals surface area (Å²) in [6.07, 6.45) is 4.36. The maximum absolute atomic E-state index is 14.6. The number of piperidine rings is 3. The van der Waals surface area contributed by atoms with E-state index in [0.29, 0.717) is 73.7 Å². The number of nitrogens with zero attached hydrogens (tertiary/aromatic N) is 3. The number of amides is 8. The van der Waals surface area contributed by atoms with Gasteiger partial charge in [-0.1, -0.05) is 86.2 Å². The predicted molar refractivity (Wildman–Crippen MR) is 295 cm³/mol. The van der Waals surface area contributed by atoms with E-state index < -0.39 is 84.2 Å². The van der Waals surface area contributed by atoms with Gasteiger partial charge in [0.1, 0.15) is 18.1 Å². The van der Waals surface area contributed by atoms with E-state index in [9.17, 15) is 66.3 Å². The van der Waals surface area contributed by atoms with Crippen LogP contribution in [0, 0.1) is 29.6 Å². The lowest BCUT2D eigenvalue weighted by Gasteiger charge is -2.34. The Morgan fingerprint density at radius 2 is 1.62 bits per heavy atom. The van der Waals surface area contributed by atoms with Crippen molar-refractivity contribution in [1.82, 2.24) is 30.7 Å². The number of likely N-dealkylation sites (tertiary alicyclic amines) is 2. The molecule has 82 heavy (non-hydrogen) atoms. The van der Waals surface area contributed by atoms with E-state index >= 15 is 0 Å². The summed E-state index contributed by atoms with van der Waals surface area (Å²) in [6.45, 7) is 3.18. The molecule has 0 bridgehead atoms. The quantitative estimate of drug-likeness (QED) is 0.0342. The van der Waals surface area contributed by atoms with Gasteiger partial charge in [0.2, 0.25) is 35.4 Å². The normalized spacial score (nSPS) is 20.9. The number of hydrogen-bond acceptors (Lipinski definition) is 10. The third-order valence-corrected chi connectivity index (χ3v) is 17.7. The van der Waals surface area contributed by atoms with Crippen molar-refractivity contribution in [2.45, 2.75) is 133 Å². The van der Waals surface area contributed by atoms with Gasteiger partial charge >= 0.3 is 13.3 Å². The summed E-state index contributed by atoms with van der Waals surface area (Å²) in [4.78, 5) is 145. The summed E-state index contributed by atoms with van der Waals surface area (Å²) in [7, 11) is -5.88. The van der Waals surface area contributed by atoms with E-state index in [1.54, 1.807) is 47.4 Å². The summed E-state index contributed by atoms with van der Waals surface area (Å²) in [5.74, 6) is 1.05. The fourth-order valence-electron chi connectivity index (χ4n) is 11.9. The molecule has 4 aliphatic heterocycles. The van der Waals surface area contributed by atoms with Crippen molar-refractivity contribution in [2.75, 3.05) is 19.6 Å². The van der Waals surface area contributed by atoms with Gasteiger partial charge < -0.3 is 40.9 Å². The minimum Gasteiger partial charge on any atom is -0.370 e. The number of ketones is 1. The van der Waals surface area contributed by atoms with E-state index in [-0.39, 0.29) is 98.0 Å². The first-order valence-electron chi connectivity index (χ1n) is 27.9. The molecule has 1 unspecified atom stereocenters. The van der Waals surface area contributed by atoms with Crippen LogP contribution in [0.5, 0.6) is 0 Å². The Hall–Kier alpha value is -7.66. The Morgan fingerprint density at radius 3 is 2.33 bits per heavy atom. The number of carbonyl (C=O) groups is 9. The molecular weight excluding hydrogens is 1080 g/mol. The van der Waals surface area contributed by atoms with Crippen LogP contribution in [0.3, 0.4) is 0 Å². The Labute approximate surface area is 472 Å². The summed E-state index contributed by atoms with van der Waals surface area (Å²) < 4.78 is 40.9. The molecule has 4 aromatic rings.